The highest BCUT2D eigenvalue weighted by molar-refractivity contribution is 7.91. The average molecular weight is 425 g/mol. The van der Waals surface area contributed by atoms with Gasteiger partial charge in [0.1, 0.15) is 5.00 Å². The van der Waals surface area contributed by atoms with Gasteiger partial charge >= 0.3 is 6.09 Å². The van der Waals surface area contributed by atoms with Crippen LogP contribution in [0, 0.1) is 13.8 Å². The molecule has 3 amide bonds. The number of rotatable bonds is 5. The lowest BCUT2D eigenvalue weighted by Crippen LogP contribution is -2.31. The summed E-state index contributed by atoms with van der Waals surface area (Å²) >= 11 is 1.18. The number of hydrogen-bond donors (Lipinski definition) is 2. The van der Waals surface area contributed by atoms with Crippen molar-refractivity contribution in [3.05, 3.63) is 45.8 Å². The lowest BCUT2D eigenvalue weighted by Gasteiger charge is -2.09. The van der Waals surface area contributed by atoms with E-state index in [1.807, 2.05) is 0 Å². The van der Waals surface area contributed by atoms with E-state index in [4.69, 9.17) is 0 Å². The third kappa shape index (κ3) is 4.57. The van der Waals surface area contributed by atoms with E-state index in [9.17, 15) is 22.8 Å². The van der Waals surface area contributed by atoms with Gasteiger partial charge in [0, 0.05) is 10.4 Å². The van der Waals surface area contributed by atoms with E-state index in [0.717, 1.165) is 12.0 Å². The van der Waals surface area contributed by atoms with Crippen molar-refractivity contribution in [3.63, 3.8) is 0 Å². The van der Waals surface area contributed by atoms with Crippen molar-refractivity contribution >= 4 is 44.1 Å². The van der Waals surface area contributed by atoms with E-state index in [0.29, 0.717) is 5.56 Å². The third-order valence-electron chi connectivity index (χ3n) is 4.08. The van der Waals surface area contributed by atoms with Crippen molar-refractivity contribution in [1.29, 1.82) is 0 Å². The Bertz CT molecular complexity index is 1040. The molecule has 0 saturated carbocycles. The second-order valence-electron chi connectivity index (χ2n) is 5.82. The Kier molecular flexibility index (Phi) is 6.57. The molecule has 0 spiro atoms. The molecule has 0 saturated heterocycles. The standard InChI is InChI=1S/C18H20N2O6S2/c1-5-28(24,25)13-8-6-7-12(9-13)15(21)19-17-14(10(2)11(3)27-17)16(22)20-18(23)26-4/h6-9H,5H2,1-4H3,(H,19,21)(H,20,22,23). The van der Waals surface area contributed by atoms with Crippen LogP contribution >= 0.6 is 11.3 Å². The minimum absolute atomic E-state index is 0.0462. The highest BCUT2D eigenvalue weighted by Crippen LogP contribution is 2.32. The molecule has 28 heavy (non-hydrogen) atoms. The largest absolute Gasteiger partial charge is 0.453 e. The van der Waals surface area contributed by atoms with Gasteiger partial charge < -0.3 is 10.1 Å². The fourth-order valence-electron chi connectivity index (χ4n) is 2.37. The number of anilines is 1. The summed E-state index contributed by atoms with van der Waals surface area (Å²) in [5.41, 5.74) is 0.903. The second kappa shape index (κ2) is 8.53. The van der Waals surface area contributed by atoms with Gasteiger partial charge in [0.15, 0.2) is 9.84 Å². The Hall–Kier alpha value is -2.72. The first kappa shape index (κ1) is 21.6. The molecule has 0 unspecified atom stereocenters. The highest BCUT2D eigenvalue weighted by atomic mass is 32.2. The highest BCUT2D eigenvalue weighted by Gasteiger charge is 2.23. The van der Waals surface area contributed by atoms with Crippen molar-refractivity contribution in [1.82, 2.24) is 5.32 Å². The molecular formula is C18H20N2O6S2. The molecule has 2 aromatic rings. The molecule has 1 heterocycles. The van der Waals surface area contributed by atoms with Crippen LogP contribution in [0.25, 0.3) is 0 Å². The van der Waals surface area contributed by atoms with E-state index < -0.39 is 27.7 Å². The van der Waals surface area contributed by atoms with E-state index in [1.54, 1.807) is 13.8 Å². The Morgan fingerprint density at radius 2 is 1.82 bits per heavy atom. The number of benzene rings is 1. The lowest BCUT2D eigenvalue weighted by atomic mass is 10.1. The van der Waals surface area contributed by atoms with Crippen LogP contribution in [0.2, 0.25) is 0 Å². The van der Waals surface area contributed by atoms with Crippen molar-refractivity contribution < 1.29 is 27.5 Å². The number of nitrogens with one attached hydrogen (secondary N) is 2. The summed E-state index contributed by atoms with van der Waals surface area (Å²) in [6.07, 6.45) is -0.914. The first-order valence-corrected chi connectivity index (χ1v) is 10.7. The molecule has 8 nitrogen and oxygen atoms in total. The normalized spacial score (nSPS) is 11.0. The van der Waals surface area contributed by atoms with E-state index in [-0.39, 0.29) is 26.8 Å². The van der Waals surface area contributed by atoms with E-state index in [2.05, 4.69) is 15.4 Å². The smallest absolute Gasteiger partial charge is 0.413 e. The summed E-state index contributed by atoms with van der Waals surface area (Å²) in [6, 6.07) is 5.67. The minimum Gasteiger partial charge on any atom is -0.453 e. The van der Waals surface area contributed by atoms with Crippen LogP contribution in [-0.2, 0) is 14.6 Å². The Labute approximate surface area is 166 Å². The zero-order valence-electron chi connectivity index (χ0n) is 15.8. The summed E-state index contributed by atoms with van der Waals surface area (Å²) in [5, 5.41) is 4.95. The van der Waals surface area contributed by atoms with Gasteiger partial charge in [-0.1, -0.05) is 13.0 Å². The molecule has 0 bridgehead atoms. The number of aryl methyl sites for hydroxylation is 1. The minimum atomic E-state index is -3.46. The zero-order valence-corrected chi connectivity index (χ0v) is 17.4. The van der Waals surface area contributed by atoms with Crippen molar-refractivity contribution in [2.45, 2.75) is 25.7 Å². The van der Waals surface area contributed by atoms with Gasteiger partial charge in [-0.15, -0.1) is 11.3 Å². The predicted molar refractivity (Wildman–Crippen MR) is 106 cm³/mol. The van der Waals surface area contributed by atoms with Crippen LogP contribution in [0.1, 0.15) is 38.1 Å². The lowest BCUT2D eigenvalue weighted by molar-refractivity contribution is 0.0937. The van der Waals surface area contributed by atoms with Crippen LogP contribution in [0.5, 0.6) is 0 Å². The molecule has 1 aromatic heterocycles. The van der Waals surface area contributed by atoms with Gasteiger partial charge in [0.05, 0.1) is 23.3 Å². The maximum atomic E-state index is 12.6. The van der Waals surface area contributed by atoms with Gasteiger partial charge in [-0.25, -0.2) is 13.2 Å². The number of ether oxygens (including phenoxy) is 1. The molecule has 0 atom stereocenters. The molecule has 2 N–H and O–H groups in total. The van der Waals surface area contributed by atoms with Gasteiger partial charge in [-0.05, 0) is 37.6 Å². The molecule has 0 aliphatic heterocycles. The number of amides is 3. The summed E-state index contributed by atoms with van der Waals surface area (Å²) in [5.74, 6) is -1.35. The molecule has 0 aliphatic rings. The van der Waals surface area contributed by atoms with Gasteiger partial charge in [-0.3, -0.25) is 14.9 Å². The van der Waals surface area contributed by atoms with Crippen LogP contribution < -0.4 is 10.6 Å². The SMILES string of the molecule is CCS(=O)(=O)c1cccc(C(=O)Nc2sc(C)c(C)c2C(=O)NC(=O)OC)c1. The molecular weight excluding hydrogens is 404 g/mol. The fraction of sp³-hybridized carbons (Fsp3) is 0.278. The quantitative estimate of drug-likeness (QED) is 0.762. The van der Waals surface area contributed by atoms with Gasteiger partial charge in [-0.2, -0.15) is 0 Å². The number of hydrogen-bond acceptors (Lipinski definition) is 7. The van der Waals surface area contributed by atoms with Crippen LogP contribution in [0.15, 0.2) is 29.2 Å². The maximum absolute atomic E-state index is 12.6. The van der Waals surface area contributed by atoms with Crippen LogP contribution in [-0.4, -0.2) is 39.2 Å². The summed E-state index contributed by atoms with van der Waals surface area (Å²) in [7, 11) is -2.33. The zero-order chi connectivity index (χ0) is 21.1. The number of sulfone groups is 1. The van der Waals surface area contributed by atoms with Crippen molar-refractivity contribution in [2.24, 2.45) is 0 Å². The summed E-state index contributed by atoms with van der Waals surface area (Å²) < 4.78 is 28.5. The summed E-state index contributed by atoms with van der Waals surface area (Å²) in [4.78, 5) is 37.2. The van der Waals surface area contributed by atoms with Gasteiger partial charge in [0.2, 0.25) is 0 Å². The predicted octanol–water partition coefficient (Wildman–Crippen LogP) is 2.91. The molecule has 2 rings (SSSR count). The van der Waals surface area contributed by atoms with Crippen molar-refractivity contribution in [3.8, 4) is 0 Å². The molecule has 0 fully saturated rings. The molecule has 1 aromatic carbocycles. The topological polar surface area (TPSA) is 119 Å². The maximum Gasteiger partial charge on any atom is 0.413 e. The first-order chi connectivity index (χ1) is 13.1. The van der Waals surface area contributed by atoms with Crippen LogP contribution in [0.3, 0.4) is 0 Å². The number of thiophene rings is 1. The summed E-state index contributed by atoms with van der Waals surface area (Å²) in [6.45, 7) is 4.99. The first-order valence-electron chi connectivity index (χ1n) is 8.24. The fourth-order valence-corrected chi connectivity index (χ4v) is 4.35. The number of alkyl carbamates (subject to hydrolysis) is 1. The average Bonchev–Trinajstić information content (AvgIpc) is 2.95. The number of carbonyl (C=O) groups excluding carboxylic acids is 3. The molecule has 0 aliphatic carbocycles. The van der Waals surface area contributed by atoms with Crippen LogP contribution in [0.4, 0.5) is 9.80 Å². The molecule has 150 valence electrons. The Balaban J connectivity index is 2.35. The second-order valence-corrected chi connectivity index (χ2v) is 9.32. The van der Waals surface area contributed by atoms with Gasteiger partial charge in [0.25, 0.3) is 11.8 Å². The number of imide groups is 1. The number of carbonyl (C=O) groups is 3. The molecule has 10 heteroatoms. The van der Waals surface area contributed by atoms with E-state index in [1.165, 1.54) is 42.5 Å². The van der Waals surface area contributed by atoms with Crippen molar-refractivity contribution in [2.75, 3.05) is 18.2 Å². The molecule has 0 radical (unpaired) electrons. The monoisotopic (exact) mass is 424 g/mol. The Morgan fingerprint density at radius 1 is 1.14 bits per heavy atom. The third-order valence-corrected chi connectivity index (χ3v) is 6.93. The Morgan fingerprint density at radius 3 is 2.43 bits per heavy atom. The van der Waals surface area contributed by atoms with E-state index >= 15 is 0 Å². The number of methoxy groups -OCH3 is 1.